The molecule has 0 bridgehead atoms. The molecule has 0 aliphatic heterocycles. The van der Waals surface area contributed by atoms with Crippen LogP contribution in [0.2, 0.25) is 0 Å². The van der Waals surface area contributed by atoms with Crippen LogP contribution in [-0.4, -0.2) is 24.2 Å². The van der Waals surface area contributed by atoms with Crippen LogP contribution < -0.4 is 9.47 Å². The van der Waals surface area contributed by atoms with E-state index in [1.807, 2.05) is 19.9 Å². The standard InChI is InChI=1S/C18H23N2O2/c1-7-8-14-13(4)19-17(20-18(14)22-6)15-10-11(2)9-12(3)16(15)21-5/h9-10H,1,7-8H2,2-6H3. The SMILES string of the molecule is [CH2]CCc1c(C)nc(-c2cc(C)cc(C)c2OC)nc1OC. The van der Waals surface area contributed by atoms with Crippen LogP contribution in [0.5, 0.6) is 11.6 Å². The Bertz CT molecular complexity index is 681. The first-order valence-corrected chi connectivity index (χ1v) is 7.38. The minimum atomic E-state index is 0.618. The summed E-state index contributed by atoms with van der Waals surface area (Å²) in [6.07, 6.45) is 1.59. The van der Waals surface area contributed by atoms with Gasteiger partial charge in [0, 0.05) is 11.3 Å². The highest BCUT2D eigenvalue weighted by Gasteiger charge is 2.17. The Hall–Kier alpha value is -2.10. The highest BCUT2D eigenvalue weighted by Crippen LogP contribution is 2.34. The van der Waals surface area contributed by atoms with Crippen LogP contribution in [0.15, 0.2) is 12.1 Å². The predicted molar refractivity (Wildman–Crippen MR) is 88.5 cm³/mol. The van der Waals surface area contributed by atoms with E-state index >= 15 is 0 Å². The molecule has 4 nitrogen and oxygen atoms in total. The average molecular weight is 299 g/mol. The fraction of sp³-hybridized carbons (Fsp3) is 0.389. The van der Waals surface area contributed by atoms with Gasteiger partial charge in [0.2, 0.25) is 5.88 Å². The predicted octanol–water partition coefficient (Wildman–Crippen LogP) is 3.85. The highest BCUT2D eigenvalue weighted by atomic mass is 16.5. The Morgan fingerprint density at radius 3 is 2.36 bits per heavy atom. The zero-order chi connectivity index (χ0) is 16.3. The summed E-state index contributed by atoms with van der Waals surface area (Å²) in [5.41, 5.74) is 5.05. The molecule has 1 aromatic heterocycles. The van der Waals surface area contributed by atoms with E-state index in [1.165, 1.54) is 0 Å². The minimum Gasteiger partial charge on any atom is -0.496 e. The van der Waals surface area contributed by atoms with Gasteiger partial charge in [-0.3, -0.25) is 0 Å². The largest absolute Gasteiger partial charge is 0.496 e. The van der Waals surface area contributed by atoms with Gasteiger partial charge in [-0.05, 0) is 50.8 Å². The van der Waals surface area contributed by atoms with E-state index in [0.717, 1.165) is 46.5 Å². The molecule has 4 heteroatoms. The summed E-state index contributed by atoms with van der Waals surface area (Å²) in [5, 5.41) is 0. The lowest BCUT2D eigenvalue weighted by atomic mass is 10.0. The van der Waals surface area contributed by atoms with Crippen molar-refractivity contribution in [3.8, 4) is 23.0 Å². The van der Waals surface area contributed by atoms with Crippen LogP contribution in [-0.2, 0) is 6.42 Å². The monoisotopic (exact) mass is 299 g/mol. The topological polar surface area (TPSA) is 44.2 Å². The number of ether oxygens (including phenoxy) is 2. The average Bonchev–Trinajstić information content (AvgIpc) is 2.48. The van der Waals surface area contributed by atoms with E-state index in [4.69, 9.17) is 9.47 Å². The molecule has 0 atom stereocenters. The number of nitrogens with zero attached hydrogens (tertiary/aromatic N) is 2. The van der Waals surface area contributed by atoms with Crippen molar-refractivity contribution in [3.05, 3.63) is 41.4 Å². The van der Waals surface area contributed by atoms with Crippen LogP contribution >= 0.6 is 0 Å². The van der Waals surface area contributed by atoms with Gasteiger partial charge >= 0.3 is 0 Å². The Morgan fingerprint density at radius 2 is 1.77 bits per heavy atom. The third kappa shape index (κ3) is 3.06. The molecular formula is C18H23N2O2. The Balaban J connectivity index is 2.66. The minimum absolute atomic E-state index is 0.618. The van der Waals surface area contributed by atoms with Gasteiger partial charge in [-0.1, -0.05) is 13.0 Å². The molecule has 0 aliphatic rings. The second-order valence-electron chi connectivity index (χ2n) is 5.39. The van der Waals surface area contributed by atoms with E-state index in [9.17, 15) is 0 Å². The van der Waals surface area contributed by atoms with Crippen molar-refractivity contribution in [1.29, 1.82) is 0 Å². The van der Waals surface area contributed by atoms with Gasteiger partial charge in [-0.25, -0.2) is 4.98 Å². The fourth-order valence-corrected chi connectivity index (χ4v) is 2.72. The van der Waals surface area contributed by atoms with Gasteiger partial charge in [-0.15, -0.1) is 0 Å². The molecule has 0 spiro atoms. The Labute approximate surface area is 132 Å². The van der Waals surface area contributed by atoms with Gasteiger partial charge in [0.1, 0.15) is 5.75 Å². The highest BCUT2D eigenvalue weighted by molar-refractivity contribution is 5.68. The maximum Gasteiger partial charge on any atom is 0.220 e. The maximum absolute atomic E-state index is 5.55. The van der Waals surface area contributed by atoms with Crippen LogP contribution in [0.4, 0.5) is 0 Å². The van der Waals surface area contributed by atoms with Crippen molar-refractivity contribution in [2.45, 2.75) is 33.6 Å². The summed E-state index contributed by atoms with van der Waals surface area (Å²) in [6.45, 7) is 9.95. The number of benzene rings is 1. The number of rotatable bonds is 5. The van der Waals surface area contributed by atoms with Crippen LogP contribution in [0.25, 0.3) is 11.4 Å². The van der Waals surface area contributed by atoms with Gasteiger partial charge in [0.25, 0.3) is 0 Å². The molecule has 1 radical (unpaired) electrons. The van der Waals surface area contributed by atoms with Crippen LogP contribution in [0.3, 0.4) is 0 Å². The first-order valence-electron chi connectivity index (χ1n) is 7.38. The third-order valence-corrected chi connectivity index (χ3v) is 3.66. The van der Waals surface area contributed by atoms with Gasteiger partial charge in [-0.2, -0.15) is 4.98 Å². The smallest absolute Gasteiger partial charge is 0.220 e. The fourth-order valence-electron chi connectivity index (χ4n) is 2.72. The zero-order valence-electron chi connectivity index (χ0n) is 14.0. The van der Waals surface area contributed by atoms with Crippen molar-refractivity contribution in [2.24, 2.45) is 0 Å². The maximum atomic E-state index is 5.55. The molecular weight excluding hydrogens is 276 g/mol. The van der Waals surface area contributed by atoms with Crippen molar-refractivity contribution in [1.82, 2.24) is 9.97 Å². The lowest BCUT2D eigenvalue weighted by Gasteiger charge is -2.15. The molecule has 0 aliphatic carbocycles. The van der Waals surface area contributed by atoms with E-state index < -0.39 is 0 Å². The number of hydrogen-bond acceptors (Lipinski definition) is 4. The van der Waals surface area contributed by atoms with Gasteiger partial charge < -0.3 is 9.47 Å². The van der Waals surface area contributed by atoms with E-state index in [0.29, 0.717) is 11.7 Å². The molecule has 0 amide bonds. The molecule has 22 heavy (non-hydrogen) atoms. The van der Waals surface area contributed by atoms with Crippen molar-refractivity contribution < 1.29 is 9.47 Å². The normalized spacial score (nSPS) is 10.6. The quantitative estimate of drug-likeness (QED) is 0.841. The van der Waals surface area contributed by atoms with E-state index in [1.54, 1.807) is 14.2 Å². The third-order valence-electron chi connectivity index (χ3n) is 3.66. The summed E-state index contributed by atoms with van der Waals surface area (Å²) >= 11 is 0. The zero-order valence-corrected chi connectivity index (χ0v) is 14.0. The number of aromatic nitrogens is 2. The van der Waals surface area contributed by atoms with Gasteiger partial charge in [0.05, 0.1) is 19.8 Å². The molecule has 1 heterocycles. The summed E-state index contributed by atoms with van der Waals surface area (Å²) < 4.78 is 11.0. The first-order chi connectivity index (χ1) is 10.5. The lowest BCUT2D eigenvalue weighted by molar-refractivity contribution is 0.390. The molecule has 0 fully saturated rings. The van der Waals surface area contributed by atoms with Gasteiger partial charge in [0.15, 0.2) is 5.82 Å². The molecule has 2 rings (SSSR count). The first kappa shape index (κ1) is 16.3. The second-order valence-corrected chi connectivity index (χ2v) is 5.39. The molecule has 2 aromatic rings. The molecule has 0 saturated heterocycles. The molecule has 0 saturated carbocycles. The number of hydrogen-bond donors (Lipinski definition) is 0. The Kier molecular flexibility index (Phi) is 5.01. The molecule has 117 valence electrons. The summed E-state index contributed by atoms with van der Waals surface area (Å²) in [5.74, 6) is 2.05. The van der Waals surface area contributed by atoms with Crippen LogP contribution in [0.1, 0.15) is 28.8 Å². The lowest BCUT2D eigenvalue weighted by Crippen LogP contribution is -2.04. The number of aryl methyl sites for hydroxylation is 3. The van der Waals surface area contributed by atoms with Crippen molar-refractivity contribution in [2.75, 3.05) is 14.2 Å². The summed E-state index contributed by atoms with van der Waals surface area (Å²) in [6, 6.07) is 4.13. The summed E-state index contributed by atoms with van der Waals surface area (Å²) in [4.78, 5) is 9.25. The van der Waals surface area contributed by atoms with Crippen molar-refractivity contribution >= 4 is 0 Å². The molecule has 1 aromatic carbocycles. The second kappa shape index (κ2) is 6.77. The van der Waals surface area contributed by atoms with Crippen LogP contribution in [0, 0.1) is 27.7 Å². The van der Waals surface area contributed by atoms with E-state index in [2.05, 4.69) is 29.9 Å². The van der Waals surface area contributed by atoms with E-state index in [-0.39, 0.29) is 0 Å². The Morgan fingerprint density at radius 1 is 1.05 bits per heavy atom. The summed E-state index contributed by atoms with van der Waals surface area (Å²) in [7, 11) is 3.30. The molecule has 0 unspecified atom stereocenters. The number of methoxy groups -OCH3 is 2. The molecule has 0 N–H and O–H groups in total. The van der Waals surface area contributed by atoms with Crippen molar-refractivity contribution in [3.63, 3.8) is 0 Å².